The Morgan fingerprint density at radius 3 is 2.50 bits per heavy atom. The molecule has 0 unspecified atom stereocenters. The molecule has 30 heavy (non-hydrogen) atoms. The lowest BCUT2D eigenvalue weighted by Crippen LogP contribution is -2.10. The SMILES string of the molecule is CNc1nccc(CNc2cccc3cn(-c4ccc(C(C)(C)C)cc4)c(O)c23)n1. The highest BCUT2D eigenvalue weighted by molar-refractivity contribution is 5.99. The molecule has 0 fully saturated rings. The maximum Gasteiger partial charge on any atom is 0.222 e. The predicted molar refractivity (Wildman–Crippen MR) is 123 cm³/mol. The second-order valence-corrected chi connectivity index (χ2v) is 8.36. The Morgan fingerprint density at radius 1 is 1.03 bits per heavy atom. The molecule has 0 bridgehead atoms. The fourth-order valence-corrected chi connectivity index (χ4v) is 3.51. The van der Waals surface area contributed by atoms with Crippen LogP contribution in [0.3, 0.4) is 0 Å². The van der Waals surface area contributed by atoms with Crippen LogP contribution in [0.5, 0.6) is 5.88 Å². The van der Waals surface area contributed by atoms with E-state index in [0.717, 1.165) is 27.8 Å². The second kappa shape index (κ2) is 7.71. The fourth-order valence-electron chi connectivity index (χ4n) is 3.51. The zero-order valence-electron chi connectivity index (χ0n) is 17.8. The molecule has 2 aromatic heterocycles. The molecule has 0 atom stereocenters. The highest BCUT2D eigenvalue weighted by atomic mass is 16.3. The molecule has 0 spiro atoms. The summed E-state index contributed by atoms with van der Waals surface area (Å²) in [5.74, 6) is 0.801. The first-order valence-electron chi connectivity index (χ1n) is 10.0. The molecule has 0 radical (unpaired) electrons. The van der Waals surface area contributed by atoms with Gasteiger partial charge >= 0.3 is 0 Å². The predicted octanol–water partition coefficient (Wildman–Crippen LogP) is 5.08. The number of benzene rings is 2. The summed E-state index contributed by atoms with van der Waals surface area (Å²) < 4.78 is 1.83. The summed E-state index contributed by atoms with van der Waals surface area (Å²) in [5, 5.41) is 19.1. The summed E-state index contributed by atoms with van der Waals surface area (Å²) in [4.78, 5) is 8.58. The number of rotatable bonds is 5. The van der Waals surface area contributed by atoms with Gasteiger partial charge in [-0.15, -0.1) is 0 Å². The van der Waals surface area contributed by atoms with Gasteiger partial charge in [0.1, 0.15) is 0 Å². The van der Waals surface area contributed by atoms with Gasteiger partial charge in [-0.25, -0.2) is 9.97 Å². The summed E-state index contributed by atoms with van der Waals surface area (Å²) in [6, 6.07) is 16.2. The van der Waals surface area contributed by atoms with Crippen LogP contribution in [0.25, 0.3) is 16.5 Å². The maximum absolute atomic E-state index is 11.0. The topological polar surface area (TPSA) is 75.0 Å². The van der Waals surface area contributed by atoms with Gasteiger partial charge in [0.25, 0.3) is 0 Å². The van der Waals surface area contributed by atoms with Gasteiger partial charge in [-0.05, 0) is 35.2 Å². The number of nitrogens with one attached hydrogen (secondary N) is 2. The van der Waals surface area contributed by atoms with Gasteiger partial charge < -0.3 is 15.7 Å². The van der Waals surface area contributed by atoms with Crippen LogP contribution in [-0.2, 0) is 12.0 Å². The van der Waals surface area contributed by atoms with Crippen molar-refractivity contribution in [3.05, 3.63) is 72.2 Å². The zero-order chi connectivity index (χ0) is 21.3. The van der Waals surface area contributed by atoms with Gasteiger partial charge in [-0.2, -0.15) is 0 Å². The van der Waals surface area contributed by atoms with Crippen LogP contribution in [0.4, 0.5) is 11.6 Å². The maximum atomic E-state index is 11.0. The molecule has 0 aliphatic carbocycles. The molecule has 6 nitrogen and oxygen atoms in total. The molecule has 0 aliphatic heterocycles. The van der Waals surface area contributed by atoms with Crippen molar-refractivity contribution in [2.75, 3.05) is 17.7 Å². The number of hydrogen-bond acceptors (Lipinski definition) is 5. The fraction of sp³-hybridized carbons (Fsp3) is 0.250. The van der Waals surface area contributed by atoms with Gasteiger partial charge in [-0.3, -0.25) is 4.57 Å². The van der Waals surface area contributed by atoms with E-state index in [1.165, 1.54) is 5.56 Å². The number of fused-ring (bicyclic) bond motifs is 1. The highest BCUT2D eigenvalue weighted by Gasteiger charge is 2.16. The van der Waals surface area contributed by atoms with Crippen molar-refractivity contribution in [3.63, 3.8) is 0 Å². The average Bonchev–Trinajstić information content (AvgIpc) is 3.09. The Labute approximate surface area is 176 Å². The normalized spacial score (nSPS) is 11.6. The molecule has 2 heterocycles. The van der Waals surface area contributed by atoms with Crippen molar-refractivity contribution in [2.45, 2.75) is 32.7 Å². The van der Waals surface area contributed by atoms with Crippen LogP contribution in [0, 0.1) is 0 Å². The molecule has 6 heteroatoms. The smallest absolute Gasteiger partial charge is 0.222 e. The zero-order valence-corrected chi connectivity index (χ0v) is 17.8. The van der Waals surface area contributed by atoms with Crippen molar-refractivity contribution >= 4 is 22.4 Å². The molecule has 2 aromatic carbocycles. The van der Waals surface area contributed by atoms with Gasteiger partial charge in [0.15, 0.2) is 0 Å². The third kappa shape index (κ3) is 3.81. The quantitative estimate of drug-likeness (QED) is 0.435. The van der Waals surface area contributed by atoms with E-state index in [1.54, 1.807) is 13.2 Å². The number of aromatic nitrogens is 3. The summed E-state index contributed by atoms with van der Waals surface area (Å²) in [5.41, 5.74) is 4.00. The van der Waals surface area contributed by atoms with Gasteiger partial charge in [-0.1, -0.05) is 45.0 Å². The van der Waals surface area contributed by atoms with Crippen LogP contribution < -0.4 is 10.6 Å². The van der Waals surface area contributed by atoms with Gasteiger partial charge in [0, 0.05) is 36.2 Å². The molecular formula is C24H27N5O. The Kier molecular flexibility index (Phi) is 5.08. The molecule has 0 amide bonds. The van der Waals surface area contributed by atoms with Crippen molar-refractivity contribution in [1.82, 2.24) is 14.5 Å². The summed E-state index contributed by atoms with van der Waals surface area (Å²) >= 11 is 0. The van der Waals surface area contributed by atoms with E-state index in [-0.39, 0.29) is 11.3 Å². The van der Waals surface area contributed by atoms with E-state index < -0.39 is 0 Å². The summed E-state index contributed by atoms with van der Waals surface area (Å²) in [7, 11) is 1.79. The first-order valence-corrected chi connectivity index (χ1v) is 10.0. The molecule has 0 aliphatic rings. The molecule has 4 rings (SSSR count). The Hall–Kier alpha value is -3.54. The van der Waals surface area contributed by atoms with Crippen LogP contribution in [0.15, 0.2) is 60.9 Å². The molecule has 0 saturated heterocycles. The summed E-state index contributed by atoms with van der Waals surface area (Å²) in [6.45, 7) is 7.11. The minimum atomic E-state index is 0.0905. The van der Waals surface area contributed by atoms with Crippen LogP contribution in [0.2, 0.25) is 0 Å². The van der Waals surface area contributed by atoms with Gasteiger partial charge in [0.05, 0.1) is 17.6 Å². The standard InChI is InChI=1S/C24H27N5O/c1-24(2,3)17-8-10-19(11-9-17)29-15-16-6-5-7-20(21(16)22(29)30)27-14-18-12-13-26-23(25-4)28-18/h5-13,15,27,30H,14H2,1-4H3,(H,25,26,28). The van der Waals surface area contributed by atoms with Crippen LogP contribution in [-0.4, -0.2) is 26.7 Å². The van der Waals surface area contributed by atoms with E-state index in [4.69, 9.17) is 0 Å². The molecule has 0 saturated carbocycles. The van der Waals surface area contributed by atoms with Crippen LogP contribution in [0.1, 0.15) is 32.0 Å². The Balaban J connectivity index is 1.66. The van der Waals surface area contributed by atoms with E-state index in [0.29, 0.717) is 12.5 Å². The van der Waals surface area contributed by atoms with Crippen molar-refractivity contribution in [3.8, 4) is 11.6 Å². The minimum Gasteiger partial charge on any atom is -0.494 e. The number of anilines is 2. The minimum absolute atomic E-state index is 0.0905. The van der Waals surface area contributed by atoms with Gasteiger partial charge in [0.2, 0.25) is 11.8 Å². The second-order valence-electron chi connectivity index (χ2n) is 8.36. The molecule has 3 N–H and O–H groups in total. The summed E-state index contributed by atoms with van der Waals surface area (Å²) in [6.07, 6.45) is 3.69. The van der Waals surface area contributed by atoms with E-state index in [9.17, 15) is 5.11 Å². The monoisotopic (exact) mass is 401 g/mol. The number of aromatic hydroxyl groups is 1. The third-order valence-electron chi connectivity index (χ3n) is 5.22. The lowest BCUT2D eigenvalue weighted by atomic mass is 9.87. The number of hydrogen-bond donors (Lipinski definition) is 3. The largest absolute Gasteiger partial charge is 0.494 e. The van der Waals surface area contributed by atoms with Crippen molar-refractivity contribution in [2.24, 2.45) is 0 Å². The lowest BCUT2D eigenvalue weighted by molar-refractivity contribution is 0.448. The molecular weight excluding hydrogens is 374 g/mol. The lowest BCUT2D eigenvalue weighted by Gasteiger charge is -2.19. The Bertz CT molecular complexity index is 1170. The first kappa shape index (κ1) is 19.8. The molecule has 154 valence electrons. The highest BCUT2D eigenvalue weighted by Crippen LogP contribution is 2.36. The van der Waals surface area contributed by atoms with Crippen molar-refractivity contribution in [1.29, 1.82) is 0 Å². The molecule has 4 aromatic rings. The first-order chi connectivity index (χ1) is 14.4. The van der Waals surface area contributed by atoms with E-state index in [2.05, 4.69) is 53.5 Å². The van der Waals surface area contributed by atoms with E-state index >= 15 is 0 Å². The average molecular weight is 402 g/mol. The number of nitrogens with zero attached hydrogens (tertiary/aromatic N) is 3. The van der Waals surface area contributed by atoms with Crippen LogP contribution >= 0.6 is 0 Å². The van der Waals surface area contributed by atoms with E-state index in [1.807, 2.05) is 47.2 Å². The Morgan fingerprint density at radius 2 is 1.80 bits per heavy atom. The van der Waals surface area contributed by atoms with Crippen molar-refractivity contribution < 1.29 is 5.11 Å². The third-order valence-corrected chi connectivity index (χ3v) is 5.22.